The number of carbonyl (C=O) groups excluding carboxylic acids is 1. The summed E-state index contributed by atoms with van der Waals surface area (Å²) in [6.45, 7) is 2.51. The second-order valence-corrected chi connectivity index (χ2v) is 9.75. The number of nitrogens with zero attached hydrogens (tertiary/aromatic N) is 2. The molecule has 0 fully saturated rings. The number of nitrogens with one attached hydrogen (secondary N) is 2. The zero-order chi connectivity index (χ0) is 23.1. The molecule has 2 heterocycles. The van der Waals surface area contributed by atoms with E-state index in [1.807, 2.05) is 4.72 Å². The SMILES string of the molecule is CN(CC(C)(C)O)S(=O)(=O)Nc1ccc(F)c(C(=O)c2c[nH]c3ncc(Cl)cc23)c1F. The van der Waals surface area contributed by atoms with Crippen molar-refractivity contribution in [2.75, 3.05) is 18.3 Å². The molecule has 0 aliphatic rings. The van der Waals surface area contributed by atoms with Crippen LogP contribution in [0.5, 0.6) is 0 Å². The van der Waals surface area contributed by atoms with Crippen molar-refractivity contribution in [3.8, 4) is 0 Å². The van der Waals surface area contributed by atoms with Gasteiger partial charge >= 0.3 is 10.2 Å². The lowest BCUT2D eigenvalue weighted by Gasteiger charge is -2.25. The standard InChI is InChI=1S/C19H19ClF2N4O4S/c1-19(2,28)9-26(3)31(29,30)25-14-5-4-13(21)15(16(14)22)17(27)12-8-24-18-11(12)6-10(20)7-23-18/h4-8,25,28H,9H2,1-3H3,(H,23,24). The quantitative estimate of drug-likeness (QED) is 0.457. The highest BCUT2D eigenvalue weighted by Gasteiger charge is 2.29. The molecule has 0 saturated heterocycles. The monoisotopic (exact) mass is 472 g/mol. The lowest BCUT2D eigenvalue weighted by molar-refractivity contribution is 0.0641. The van der Waals surface area contributed by atoms with E-state index >= 15 is 4.39 Å². The summed E-state index contributed by atoms with van der Waals surface area (Å²) in [4.78, 5) is 19.6. The minimum absolute atomic E-state index is 0.0815. The molecule has 0 amide bonds. The Bertz CT molecular complexity index is 1270. The summed E-state index contributed by atoms with van der Waals surface area (Å²) in [5.74, 6) is -3.56. The van der Waals surface area contributed by atoms with Gasteiger partial charge in [-0.15, -0.1) is 0 Å². The van der Waals surface area contributed by atoms with Crippen LogP contribution in [0.2, 0.25) is 5.02 Å². The number of hydrogen-bond donors (Lipinski definition) is 3. The highest BCUT2D eigenvalue weighted by Crippen LogP contribution is 2.28. The number of anilines is 1. The van der Waals surface area contributed by atoms with Crippen molar-refractivity contribution in [3.63, 3.8) is 0 Å². The normalized spacial score (nSPS) is 12.5. The van der Waals surface area contributed by atoms with Crippen LogP contribution in [0.3, 0.4) is 0 Å². The molecule has 3 aromatic rings. The van der Waals surface area contributed by atoms with Gasteiger partial charge in [0, 0.05) is 36.9 Å². The molecule has 0 aliphatic heterocycles. The summed E-state index contributed by atoms with van der Waals surface area (Å²) < 4.78 is 57.2. The summed E-state index contributed by atoms with van der Waals surface area (Å²) >= 11 is 5.90. The Hall–Kier alpha value is -2.60. The van der Waals surface area contributed by atoms with Gasteiger partial charge in [0.1, 0.15) is 11.5 Å². The van der Waals surface area contributed by atoms with Gasteiger partial charge in [-0.3, -0.25) is 9.52 Å². The Morgan fingerprint density at radius 1 is 1.35 bits per heavy atom. The molecule has 0 atom stereocenters. The van der Waals surface area contributed by atoms with Crippen LogP contribution < -0.4 is 4.72 Å². The number of fused-ring (bicyclic) bond motifs is 1. The molecule has 166 valence electrons. The van der Waals surface area contributed by atoms with Gasteiger partial charge in [0.25, 0.3) is 0 Å². The van der Waals surface area contributed by atoms with Gasteiger partial charge in [0.2, 0.25) is 5.78 Å². The first-order valence-corrected chi connectivity index (χ1v) is 10.7. The molecule has 1 aromatic carbocycles. The molecular weight excluding hydrogens is 454 g/mol. The molecule has 0 spiro atoms. The third-order valence-electron chi connectivity index (χ3n) is 4.32. The number of halogens is 3. The van der Waals surface area contributed by atoms with Crippen molar-refractivity contribution in [1.82, 2.24) is 14.3 Å². The number of rotatable bonds is 7. The molecule has 0 saturated carbocycles. The number of aromatic amines is 1. The Morgan fingerprint density at radius 2 is 2.03 bits per heavy atom. The van der Waals surface area contributed by atoms with E-state index in [9.17, 15) is 22.7 Å². The maximum atomic E-state index is 15.1. The molecule has 31 heavy (non-hydrogen) atoms. The number of ketones is 1. The van der Waals surface area contributed by atoms with E-state index in [1.165, 1.54) is 39.4 Å². The number of carbonyl (C=O) groups is 1. The zero-order valence-corrected chi connectivity index (χ0v) is 18.3. The second kappa shape index (κ2) is 8.15. The molecule has 0 unspecified atom stereocenters. The van der Waals surface area contributed by atoms with Crippen molar-refractivity contribution in [2.45, 2.75) is 19.4 Å². The molecule has 0 aliphatic carbocycles. The van der Waals surface area contributed by atoms with Crippen LogP contribution in [0.25, 0.3) is 11.0 Å². The third-order valence-corrected chi connectivity index (χ3v) is 5.95. The number of benzene rings is 1. The van der Waals surface area contributed by atoms with Gasteiger partial charge in [-0.1, -0.05) is 11.6 Å². The average molecular weight is 473 g/mol. The maximum absolute atomic E-state index is 15.1. The van der Waals surface area contributed by atoms with Crippen LogP contribution >= 0.6 is 11.6 Å². The van der Waals surface area contributed by atoms with Crippen molar-refractivity contribution >= 4 is 44.3 Å². The van der Waals surface area contributed by atoms with E-state index < -0.39 is 44.5 Å². The first kappa shape index (κ1) is 23.1. The van der Waals surface area contributed by atoms with Crippen LogP contribution in [0.1, 0.15) is 29.8 Å². The second-order valence-electron chi connectivity index (χ2n) is 7.54. The fourth-order valence-corrected chi connectivity index (χ4v) is 4.22. The smallest absolute Gasteiger partial charge is 0.301 e. The third kappa shape index (κ3) is 4.85. The van der Waals surface area contributed by atoms with Gasteiger partial charge in [-0.2, -0.15) is 12.7 Å². The van der Waals surface area contributed by atoms with E-state index in [1.54, 1.807) is 0 Å². The van der Waals surface area contributed by atoms with Crippen molar-refractivity contribution in [1.29, 1.82) is 0 Å². The molecule has 2 aromatic heterocycles. The summed E-state index contributed by atoms with van der Waals surface area (Å²) in [6, 6.07) is 3.07. The highest BCUT2D eigenvalue weighted by atomic mass is 35.5. The predicted molar refractivity (Wildman–Crippen MR) is 112 cm³/mol. The van der Waals surface area contributed by atoms with E-state index in [2.05, 4.69) is 9.97 Å². The van der Waals surface area contributed by atoms with Crippen LogP contribution in [0.15, 0.2) is 30.6 Å². The summed E-state index contributed by atoms with van der Waals surface area (Å²) in [5.41, 5.74) is -2.70. The van der Waals surface area contributed by atoms with Gasteiger partial charge in [-0.25, -0.2) is 13.8 Å². The molecule has 3 rings (SSSR count). The van der Waals surface area contributed by atoms with Crippen LogP contribution in [0, 0.1) is 11.6 Å². The van der Waals surface area contributed by atoms with Crippen LogP contribution in [-0.4, -0.2) is 52.8 Å². The molecular formula is C19H19ClF2N4O4S. The molecule has 12 heteroatoms. The molecule has 3 N–H and O–H groups in total. The molecule has 8 nitrogen and oxygen atoms in total. The fraction of sp³-hybridized carbons (Fsp3) is 0.263. The van der Waals surface area contributed by atoms with Crippen molar-refractivity contribution in [2.24, 2.45) is 0 Å². The first-order chi connectivity index (χ1) is 14.3. The Balaban J connectivity index is 2.01. The Kier molecular flexibility index (Phi) is 6.07. The van der Waals surface area contributed by atoms with Gasteiger partial charge in [0.15, 0.2) is 5.82 Å². The maximum Gasteiger partial charge on any atom is 0.301 e. The predicted octanol–water partition coefficient (Wildman–Crippen LogP) is 3.08. The number of likely N-dealkylation sites (N-methyl/N-ethyl adjacent to an activating group) is 1. The molecule has 0 bridgehead atoms. The van der Waals surface area contributed by atoms with Gasteiger partial charge < -0.3 is 10.1 Å². The first-order valence-electron chi connectivity index (χ1n) is 8.92. The van der Waals surface area contributed by atoms with E-state index in [0.717, 1.165) is 16.4 Å². The molecule has 0 radical (unpaired) electrons. The minimum atomic E-state index is -4.30. The zero-order valence-electron chi connectivity index (χ0n) is 16.7. The summed E-state index contributed by atoms with van der Waals surface area (Å²) in [5, 5.41) is 10.3. The van der Waals surface area contributed by atoms with E-state index in [4.69, 9.17) is 11.6 Å². The van der Waals surface area contributed by atoms with Crippen molar-refractivity contribution < 1.29 is 27.1 Å². The number of aromatic nitrogens is 2. The summed E-state index contributed by atoms with van der Waals surface area (Å²) in [7, 11) is -3.13. The lowest BCUT2D eigenvalue weighted by Crippen LogP contribution is -2.42. The Morgan fingerprint density at radius 3 is 2.68 bits per heavy atom. The van der Waals surface area contributed by atoms with Crippen LogP contribution in [-0.2, 0) is 10.2 Å². The number of aliphatic hydroxyl groups is 1. The fourth-order valence-electron chi connectivity index (χ4n) is 2.99. The lowest BCUT2D eigenvalue weighted by atomic mass is 10.0. The van der Waals surface area contributed by atoms with Gasteiger partial charge in [0.05, 0.1) is 21.9 Å². The number of H-pyrrole nitrogens is 1. The average Bonchev–Trinajstić information content (AvgIpc) is 3.05. The number of hydrogen-bond acceptors (Lipinski definition) is 5. The minimum Gasteiger partial charge on any atom is -0.389 e. The van der Waals surface area contributed by atoms with E-state index in [-0.39, 0.29) is 22.5 Å². The Labute approximate surface area is 182 Å². The summed E-state index contributed by atoms with van der Waals surface area (Å²) in [6.07, 6.45) is 2.58. The van der Waals surface area contributed by atoms with E-state index in [0.29, 0.717) is 5.65 Å². The largest absolute Gasteiger partial charge is 0.389 e. The topological polar surface area (TPSA) is 115 Å². The van der Waals surface area contributed by atoms with Gasteiger partial charge in [-0.05, 0) is 32.0 Å². The number of pyridine rings is 1. The van der Waals surface area contributed by atoms with Crippen molar-refractivity contribution in [3.05, 3.63) is 58.4 Å². The van der Waals surface area contributed by atoms with Crippen LogP contribution in [0.4, 0.5) is 14.5 Å². The highest BCUT2D eigenvalue weighted by molar-refractivity contribution is 7.90.